The number of nitrogens with zero attached hydrogens (tertiary/aromatic N) is 6. The molecule has 1 saturated heterocycles. The molecule has 0 saturated carbocycles. The number of hydrogen-bond acceptors (Lipinski definition) is 5. The SMILES string of the molecule is CC1CCN(c2cc(-n3[nH]cc(-n4ccnc4)c3=O)ncn2)CC1. The van der Waals surface area contributed by atoms with Gasteiger partial charge in [-0.3, -0.25) is 14.5 Å². The van der Waals surface area contributed by atoms with Gasteiger partial charge in [0.05, 0.1) is 6.33 Å². The molecule has 3 aromatic heterocycles. The number of aromatic nitrogens is 6. The molecule has 1 N–H and O–H groups in total. The van der Waals surface area contributed by atoms with Crippen LogP contribution in [0.15, 0.2) is 42.1 Å². The van der Waals surface area contributed by atoms with Crippen molar-refractivity contribution in [2.75, 3.05) is 18.0 Å². The van der Waals surface area contributed by atoms with Gasteiger partial charge in [-0.1, -0.05) is 6.92 Å². The van der Waals surface area contributed by atoms with Crippen molar-refractivity contribution in [1.29, 1.82) is 0 Å². The summed E-state index contributed by atoms with van der Waals surface area (Å²) in [6.45, 7) is 4.24. The first-order valence-corrected chi connectivity index (χ1v) is 8.08. The van der Waals surface area contributed by atoms with Crippen LogP contribution in [0.2, 0.25) is 0 Å². The zero-order chi connectivity index (χ0) is 16.5. The van der Waals surface area contributed by atoms with Crippen LogP contribution in [0.1, 0.15) is 19.8 Å². The fraction of sp³-hybridized carbons (Fsp3) is 0.375. The molecule has 0 aliphatic carbocycles. The van der Waals surface area contributed by atoms with Crippen LogP contribution >= 0.6 is 0 Å². The maximum atomic E-state index is 12.6. The molecular weight excluding hydrogens is 306 g/mol. The first-order chi connectivity index (χ1) is 11.7. The lowest BCUT2D eigenvalue weighted by Gasteiger charge is -2.31. The highest BCUT2D eigenvalue weighted by atomic mass is 16.1. The number of piperidine rings is 1. The molecule has 0 bridgehead atoms. The predicted molar refractivity (Wildman–Crippen MR) is 89.7 cm³/mol. The number of aromatic amines is 1. The summed E-state index contributed by atoms with van der Waals surface area (Å²) in [6.07, 6.45) is 10.4. The fourth-order valence-electron chi connectivity index (χ4n) is 2.99. The topological polar surface area (TPSA) is 84.6 Å². The molecule has 3 aromatic rings. The number of imidazole rings is 1. The minimum Gasteiger partial charge on any atom is -0.356 e. The molecule has 124 valence electrons. The van der Waals surface area contributed by atoms with Crippen molar-refractivity contribution in [2.24, 2.45) is 5.92 Å². The molecule has 0 spiro atoms. The zero-order valence-corrected chi connectivity index (χ0v) is 13.5. The highest BCUT2D eigenvalue weighted by molar-refractivity contribution is 5.44. The minimum absolute atomic E-state index is 0.176. The molecule has 24 heavy (non-hydrogen) atoms. The van der Waals surface area contributed by atoms with E-state index in [1.165, 1.54) is 11.0 Å². The summed E-state index contributed by atoms with van der Waals surface area (Å²) in [7, 11) is 0. The summed E-state index contributed by atoms with van der Waals surface area (Å²) in [5, 5.41) is 2.96. The van der Waals surface area contributed by atoms with Crippen LogP contribution in [-0.4, -0.2) is 42.4 Å². The Kier molecular flexibility index (Phi) is 3.64. The van der Waals surface area contributed by atoms with Gasteiger partial charge in [0.25, 0.3) is 5.56 Å². The van der Waals surface area contributed by atoms with Crippen LogP contribution in [0.25, 0.3) is 11.5 Å². The Morgan fingerprint density at radius 3 is 2.75 bits per heavy atom. The van der Waals surface area contributed by atoms with E-state index in [-0.39, 0.29) is 5.56 Å². The molecule has 8 nitrogen and oxygen atoms in total. The lowest BCUT2D eigenvalue weighted by atomic mass is 9.99. The highest BCUT2D eigenvalue weighted by Crippen LogP contribution is 2.21. The average molecular weight is 325 g/mol. The Balaban J connectivity index is 1.66. The van der Waals surface area contributed by atoms with E-state index in [0.717, 1.165) is 37.7 Å². The summed E-state index contributed by atoms with van der Waals surface area (Å²) < 4.78 is 3.09. The fourth-order valence-corrected chi connectivity index (χ4v) is 2.99. The number of hydrogen-bond donors (Lipinski definition) is 1. The Hall–Kier alpha value is -2.90. The lowest BCUT2D eigenvalue weighted by Crippen LogP contribution is -2.33. The monoisotopic (exact) mass is 325 g/mol. The Bertz CT molecular complexity index is 872. The number of nitrogens with one attached hydrogen (secondary N) is 1. The number of rotatable bonds is 3. The molecule has 1 aliphatic rings. The first-order valence-electron chi connectivity index (χ1n) is 8.08. The van der Waals surface area contributed by atoms with Crippen molar-refractivity contribution in [3.63, 3.8) is 0 Å². The lowest BCUT2D eigenvalue weighted by molar-refractivity contribution is 0.436. The van der Waals surface area contributed by atoms with Crippen LogP contribution in [-0.2, 0) is 0 Å². The molecule has 0 radical (unpaired) electrons. The molecule has 1 fully saturated rings. The third-order valence-corrected chi connectivity index (χ3v) is 4.51. The largest absolute Gasteiger partial charge is 0.356 e. The van der Waals surface area contributed by atoms with Crippen LogP contribution in [0.3, 0.4) is 0 Å². The van der Waals surface area contributed by atoms with E-state index in [1.54, 1.807) is 29.5 Å². The third kappa shape index (κ3) is 2.60. The molecular formula is C16H19N7O. The number of anilines is 1. The maximum Gasteiger partial charge on any atom is 0.296 e. The summed E-state index contributed by atoms with van der Waals surface area (Å²) in [5.74, 6) is 2.15. The molecule has 4 heterocycles. The molecule has 0 unspecified atom stereocenters. The van der Waals surface area contributed by atoms with E-state index >= 15 is 0 Å². The van der Waals surface area contributed by atoms with Crippen LogP contribution in [0.5, 0.6) is 0 Å². The molecule has 8 heteroatoms. The van der Waals surface area contributed by atoms with Gasteiger partial charge in [0.2, 0.25) is 0 Å². The van der Waals surface area contributed by atoms with Gasteiger partial charge in [-0.05, 0) is 18.8 Å². The second kappa shape index (κ2) is 5.95. The smallest absolute Gasteiger partial charge is 0.296 e. The molecule has 4 rings (SSSR count). The van der Waals surface area contributed by atoms with Crippen molar-refractivity contribution in [1.82, 2.24) is 29.3 Å². The Labute approximate surface area is 138 Å². The highest BCUT2D eigenvalue weighted by Gasteiger charge is 2.18. The summed E-state index contributed by atoms with van der Waals surface area (Å²) in [4.78, 5) is 27.4. The summed E-state index contributed by atoms with van der Waals surface area (Å²) in [6, 6.07) is 1.85. The van der Waals surface area contributed by atoms with E-state index < -0.39 is 0 Å². The normalized spacial score (nSPS) is 15.8. The quantitative estimate of drug-likeness (QED) is 0.786. The van der Waals surface area contributed by atoms with Gasteiger partial charge < -0.3 is 4.90 Å². The standard InChI is InChI=1S/C16H19N7O/c1-12-2-5-21(6-3-12)14-8-15(19-10-18-14)23-16(24)13(9-20-23)22-7-4-17-11-22/h4,7-12,20H,2-3,5-6H2,1H3. The van der Waals surface area contributed by atoms with Crippen LogP contribution in [0, 0.1) is 5.92 Å². The molecule has 0 amide bonds. The second-order valence-electron chi connectivity index (χ2n) is 6.17. The van der Waals surface area contributed by atoms with Gasteiger partial charge in [0.1, 0.15) is 17.8 Å². The van der Waals surface area contributed by atoms with E-state index in [4.69, 9.17) is 0 Å². The molecule has 1 aliphatic heterocycles. The van der Waals surface area contributed by atoms with Gasteiger partial charge in [0, 0.05) is 37.7 Å². The maximum absolute atomic E-state index is 12.6. The van der Waals surface area contributed by atoms with Crippen molar-refractivity contribution in [2.45, 2.75) is 19.8 Å². The Morgan fingerprint density at radius 1 is 1.21 bits per heavy atom. The van der Waals surface area contributed by atoms with E-state index in [2.05, 4.69) is 31.9 Å². The summed E-state index contributed by atoms with van der Waals surface area (Å²) >= 11 is 0. The number of H-pyrrole nitrogens is 1. The Morgan fingerprint density at radius 2 is 2.00 bits per heavy atom. The van der Waals surface area contributed by atoms with E-state index in [1.807, 2.05) is 6.07 Å². The van der Waals surface area contributed by atoms with Crippen molar-refractivity contribution in [3.8, 4) is 11.5 Å². The predicted octanol–water partition coefficient (Wildman–Crippen LogP) is 1.38. The van der Waals surface area contributed by atoms with Crippen LogP contribution in [0.4, 0.5) is 5.82 Å². The average Bonchev–Trinajstić information content (AvgIpc) is 3.25. The van der Waals surface area contributed by atoms with Gasteiger partial charge >= 0.3 is 0 Å². The minimum atomic E-state index is -0.176. The van der Waals surface area contributed by atoms with E-state index in [0.29, 0.717) is 11.5 Å². The van der Waals surface area contributed by atoms with Gasteiger partial charge in [-0.15, -0.1) is 0 Å². The van der Waals surface area contributed by atoms with Gasteiger partial charge in [-0.25, -0.2) is 15.0 Å². The summed E-state index contributed by atoms with van der Waals surface area (Å²) in [5.41, 5.74) is 0.323. The molecule has 0 atom stereocenters. The van der Waals surface area contributed by atoms with Gasteiger partial charge in [0.15, 0.2) is 5.82 Å². The van der Waals surface area contributed by atoms with Crippen molar-refractivity contribution in [3.05, 3.63) is 47.7 Å². The first kappa shape index (κ1) is 14.7. The zero-order valence-electron chi connectivity index (χ0n) is 13.5. The third-order valence-electron chi connectivity index (χ3n) is 4.51. The molecule has 0 aromatic carbocycles. The van der Waals surface area contributed by atoms with Crippen LogP contribution < -0.4 is 10.5 Å². The van der Waals surface area contributed by atoms with E-state index in [9.17, 15) is 4.79 Å². The van der Waals surface area contributed by atoms with Crippen molar-refractivity contribution >= 4 is 5.82 Å². The second-order valence-corrected chi connectivity index (χ2v) is 6.17. The van der Waals surface area contributed by atoms with Crippen molar-refractivity contribution < 1.29 is 0 Å². The van der Waals surface area contributed by atoms with Gasteiger partial charge in [-0.2, -0.15) is 4.68 Å².